The smallest absolute Gasteiger partial charge is 0.101 e. The molecule has 0 N–H and O–H groups in total. The number of nitriles is 12. The molecule has 274 valence electrons. The molecule has 0 saturated heterocycles. The Morgan fingerprint density at radius 2 is 0.645 bits per heavy atom. The highest BCUT2D eigenvalue weighted by atomic mass is 14.4. The van der Waals surface area contributed by atoms with Crippen molar-refractivity contribution >= 4 is 44.6 Å². The SMILES string of the molecule is N#CC1=C(c2ccc(C#N)c(C#N)c2)/C(=C(/C#N)c2cc(C#N)cc(C#N)c2)c2cc3c(cc21)/C(=C(\C#N)c1cc(C#N)cc(C#N)c1)C(c1ccc(C#N)c(C#N)c1)=C3C#N. The lowest BCUT2D eigenvalue weighted by atomic mass is 9.86. The number of nitrogens with zero attached hydrogens (tertiary/aromatic N) is 12. The normalized spacial score (nSPS) is 13.2. The molecule has 0 radical (unpaired) electrons. The second kappa shape index (κ2) is 15.8. The Labute approximate surface area is 353 Å². The van der Waals surface area contributed by atoms with Crippen LogP contribution >= 0.6 is 0 Å². The summed E-state index contributed by atoms with van der Waals surface area (Å²) < 4.78 is 0. The van der Waals surface area contributed by atoms with Crippen molar-refractivity contribution in [3.63, 3.8) is 0 Å². The van der Waals surface area contributed by atoms with E-state index in [1.165, 1.54) is 72.8 Å². The minimum absolute atomic E-state index is 0.00992. The average molecular weight is 783 g/mol. The maximum absolute atomic E-state index is 11.0. The van der Waals surface area contributed by atoms with E-state index >= 15 is 0 Å². The van der Waals surface area contributed by atoms with Gasteiger partial charge < -0.3 is 0 Å². The molecule has 0 unspecified atom stereocenters. The fourth-order valence-electron chi connectivity index (χ4n) is 7.66. The Morgan fingerprint density at radius 3 is 0.919 bits per heavy atom. The van der Waals surface area contributed by atoms with E-state index in [2.05, 4.69) is 24.3 Å². The van der Waals surface area contributed by atoms with E-state index in [0.717, 1.165) is 0 Å². The lowest BCUT2D eigenvalue weighted by Crippen LogP contribution is -1.98. The second-order valence-electron chi connectivity index (χ2n) is 13.4. The standard InChI is InChI=1S/C50H14N12/c51-15-27-5-28(16-52)8-35(7-27)43(23-59)49-41-14-40-42(13-39(41)45(25-61)47(49)31-1-3-33(19-55)37(11-31)21-57)50(44(24-60)36-9-29(17-53)6-30(10-36)18-54)48(46(40)26-62)32-2-4-34(20-56)38(12-32)22-58/h1-14H/b49-43-,50-44-. The zero-order valence-electron chi connectivity index (χ0n) is 31.4. The first-order valence-electron chi connectivity index (χ1n) is 17.8. The number of allylic oxidation sites excluding steroid dienone is 8. The van der Waals surface area contributed by atoms with Crippen LogP contribution in [0.15, 0.2) is 84.9 Å². The Hall–Kier alpha value is -11.1. The molecular weight excluding hydrogens is 769 g/mol. The van der Waals surface area contributed by atoms with Crippen molar-refractivity contribution in [3.8, 4) is 72.8 Å². The molecule has 0 bridgehead atoms. The van der Waals surface area contributed by atoms with E-state index in [-0.39, 0.29) is 134 Å². The first kappa shape index (κ1) is 39.2. The Balaban J connectivity index is 1.69. The molecule has 5 aromatic rings. The summed E-state index contributed by atoms with van der Waals surface area (Å²) in [5.41, 5.74) is 2.45. The third-order valence-corrected chi connectivity index (χ3v) is 10.2. The van der Waals surface area contributed by atoms with E-state index in [9.17, 15) is 63.1 Å². The van der Waals surface area contributed by atoms with Crippen molar-refractivity contribution in [3.05, 3.63) is 174 Å². The lowest BCUT2D eigenvalue weighted by Gasteiger charge is -2.15. The monoisotopic (exact) mass is 782 g/mol. The van der Waals surface area contributed by atoms with Gasteiger partial charge in [0.25, 0.3) is 0 Å². The van der Waals surface area contributed by atoms with Crippen LogP contribution in [-0.4, -0.2) is 0 Å². The number of fused-ring (bicyclic) bond motifs is 2. The van der Waals surface area contributed by atoms with Crippen LogP contribution in [0.4, 0.5) is 0 Å². The van der Waals surface area contributed by atoms with E-state index in [1.54, 1.807) is 12.1 Å². The summed E-state index contributed by atoms with van der Waals surface area (Å²) in [6.07, 6.45) is 0. The number of rotatable bonds is 4. The van der Waals surface area contributed by atoms with E-state index in [0.29, 0.717) is 0 Å². The largest absolute Gasteiger partial charge is 0.192 e. The number of hydrogen-bond acceptors (Lipinski definition) is 12. The third-order valence-electron chi connectivity index (χ3n) is 10.2. The minimum Gasteiger partial charge on any atom is -0.192 e. The molecule has 62 heavy (non-hydrogen) atoms. The topological polar surface area (TPSA) is 285 Å². The van der Waals surface area contributed by atoms with Crippen LogP contribution in [-0.2, 0) is 0 Å². The van der Waals surface area contributed by atoms with Crippen LogP contribution < -0.4 is 0 Å². The van der Waals surface area contributed by atoms with Gasteiger partial charge in [-0.15, -0.1) is 0 Å². The fraction of sp³-hybridized carbons (Fsp3) is 0. The molecule has 0 aliphatic heterocycles. The van der Waals surface area contributed by atoms with Crippen LogP contribution in [0.2, 0.25) is 0 Å². The van der Waals surface area contributed by atoms with Crippen molar-refractivity contribution in [2.24, 2.45) is 0 Å². The molecule has 12 heteroatoms. The highest BCUT2D eigenvalue weighted by molar-refractivity contribution is 6.34. The van der Waals surface area contributed by atoms with Crippen LogP contribution in [0.5, 0.6) is 0 Å². The molecule has 0 amide bonds. The highest BCUT2D eigenvalue weighted by Crippen LogP contribution is 2.56. The maximum atomic E-state index is 11.0. The van der Waals surface area contributed by atoms with Crippen molar-refractivity contribution in [2.75, 3.05) is 0 Å². The van der Waals surface area contributed by atoms with E-state index in [4.69, 9.17) is 0 Å². The molecular formula is C50H14N12. The summed E-state index contributed by atoms with van der Waals surface area (Å²) in [5, 5.41) is 123. The van der Waals surface area contributed by atoms with Gasteiger partial charge in [0.15, 0.2) is 0 Å². The summed E-state index contributed by atoms with van der Waals surface area (Å²) in [5.74, 6) is 0. The zero-order valence-corrected chi connectivity index (χ0v) is 31.4. The van der Waals surface area contributed by atoms with Crippen LogP contribution in [0.1, 0.15) is 89.0 Å². The van der Waals surface area contributed by atoms with Gasteiger partial charge in [0.2, 0.25) is 0 Å². The Bertz CT molecular complexity index is 3350. The summed E-state index contributed by atoms with van der Waals surface area (Å²) in [6, 6.07) is 44.8. The van der Waals surface area contributed by atoms with Gasteiger partial charge in [-0.3, -0.25) is 0 Å². The maximum Gasteiger partial charge on any atom is 0.101 e. The van der Waals surface area contributed by atoms with Gasteiger partial charge in [-0.2, -0.15) is 63.1 Å². The molecule has 2 aliphatic rings. The van der Waals surface area contributed by atoms with Crippen LogP contribution in [0, 0.1) is 136 Å². The summed E-state index contributed by atoms with van der Waals surface area (Å²) in [4.78, 5) is 0. The van der Waals surface area contributed by atoms with Gasteiger partial charge >= 0.3 is 0 Å². The molecule has 0 spiro atoms. The molecule has 0 saturated carbocycles. The minimum atomic E-state index is -0.0831. The van der Waals surface area contributed by atoms with Gasteiger partial charge in [-0.1, -0.05) is 12.1 Å². The summed E-state index contributed by atoms with van der Waals surface area (Å²) in [6.45, 7) is 0. The molecule has 5 aromatic carbocycles. The fourth-order valence-corrected chi connectivity index (χ4v) is 7.66. The first-order chi connectivity index (χ1) is 30.2. The first-order valence-corrected chi connectivity index (χ1v) is 17.8. The number of benzene rings is 5. The lowest BCUT2D eigenvalue weighted by molar-refractivity contribution is 1.42. The van der Waals surface area contributed by atoms with Crippen molar-refractivity contribution < 1.29 is 0 Å². The van der Waals surface area contributed by atoms with Gasteiger partial charge in [-0.05, 0) is 106 Å². The third kappa shape index (κ3) is 6.18. The molecule has 0 heterocycles. The Morgan fingerprint density at radius 1 is 0.306 bits per heavy atom. The van der Waals surface area contributed by atoms with Crippen molar-refractivity contribution in [1.82, 2.24) is 0 Å². The second-order valence-corrected chi connectivity index (χ2v) is 13.4. The predicted molar refractivity (Wildman–Crippen MR) is 220 cm³/mol. The number of hydrogen-bond donors (Lipinski definition) is 0. The zero-order chi connectivity index (χ0) is 44.2. The van der Waals surface area contributed by atoms with Crippen molar-refractivity contribution in [1.29, 1.82) is 63.1 Å². The summed E-state index contributed by atoms with van der Waals surface area (Å²) >= 11 is 0. The summed E-state index contributed by atoms with van der Waals surface area (Å²) in [7, 11) is 0. The molecule has 7 rings (SSSR count). The molecule has 2 aliphatic carbocycles. The highest BCUT2D eigenvalue weighted by Gasteiger charge is 2.38. The van der Waals surface area contributed by atoms with Gasteiger partial charge in [0, 0.05) is 33.4 Å². The molecule has 0 fully saturated rings. The van der Waals surface area contributed by atoms with Crippen LogP contribution in [0.25, 0.3) is 44.6 Å². The average Bonchev–Trinajstić information content (AvgIpc) is 3.81. The van der Waals surface area contributed by atoms with Gasteiger partial charge in [0.05, 0.1) is 91.1 Å². The molecule has 12 nitrogen and oxygen atoms in total. The van der Waals surface area contributed by atoms with Crippen molar-refractivity contribution in [2.45, 2.75) is 0 Å². The Kier molecular flexibility index (Phi) is 10.0. The molecule has 0 atom stereocenters. The predicted octanol–water partition coefficient (Wildman–Crippen LogP) is 8.42. The van der Waals surface area contributed by atoms with E-state index in [1.807, 2.05) is 48.6 Å². The van der Waals surface area contributed by atoms with Crippen LogP contribution in [0.3, 0.4) is 0 Å². The van der Waals surface area contributed by atoms with Gasteiger partial charge in [-0.25, -0.2) is 0 Å². The quantitative estimate of drug-likeness (QED) is 0.155. The molecule has 0 aromatic heterocycles. The van der Waals surface area contributed by atoms with Gasteiger partial charge in [0.1, 0.15) is 48.6 Å². The van der Waals surface area contributed by atoms with E-state index < -0.39 is 0 Å².